The van der Waals surface area contributed by atoms with Crippen LogP contribution in [0.1, 0.15) is 37.3 Å². The fraction of sp³-hybridized carbons (Fsp3) is 0.533. The van der Waals surface area contributed by atoms with E-state index in [1.807, 2.05) is 37.3 Å². The van der Waals surface area contributed by atoms with Gasteiger partial charge in [-0.15, -0.1) is 0 Å². The second kappa shape index (κ2) is 14.6. The van der Waals surface area contributed by atoms with Crippen LogP contribution in [0.3, 0.4) is 0 Å². The van der Waals surface area contributed by atoms with E-state index in [4.69, 9.17) is 9.47 Å². The normalized spacial score (nSPS) is 22.4. The van der Waals surface area contributed by atoms with Crippen molar-refractivity contribution in [3.05, 3.63) is 71.3 Å². The van der Waals surface area contributed by atoms with Gasteiger partial charge in [-0.2, -0.15) is 0 Å². The van der Waals surface area contributed by atoms with Crippen LogP contribution in [0, 0.1) is 17.6 Å². The molecule has 0 spiro atoms. The molecular formula is C30H39F2N3O5. The van der Waals surface area contributed by atoms with E-state index in [9.17, 15) is 23.5 Å². The van der Waals surface area contributed by atoms with Gasteiger partial charge in [0.15, 0.2) is 0 Å². The van der Waals surface area contributed by atoms with Gasteiger partial charge >= 0.3 is 0 Å². The van der Waals surface area contributed by atoms with Gasteiger partial charge in [0.05, 0.1) is 30.8 Å². The van der Waals surface area contributed by atoms with Crippen LogP contribution in [0.15, 0.2) is 48.5 Å². The predicted octanol–water partition coefficient (Wildman–Crippen LogP) is 2.58. The number of aliphatic hydroxyl groups is 1. The first-order valence-corrected chi connectivity index (χ1v) is 14.0. The van der Waals surface area contributed by atoms with Crippen molar-refractivity contribution in [3.8, 4) is 0 Å². The highest BCUT2D eigenvalue weighted by Crippen LogP contribution is 2.22. The molecule has 2 aliphatic rings. The number of ether oxygens (including phenoxy) is 2. The van der Waals surface area contributed by atoms with E-state index in [0.29, 0.717) is 51.3 Å². The molecule has 2 amide bonds. The molecule has 0 aliphatic carbocycles. The van der Waals surface area contributed by atoms with Crippen LogP contribution in [0.25, 0.3) is 0 Å². The molecule has 5 atom stereocenters. The number of aliphatic hydroxyl groups excluding tert-OH is 1. The lowest BCUT2D eigenvalue weighted by atomic mass is 9.94. The molecule has 2 fully saturated rings. The molecule has 0 bridgehead atoms. The molecular weight excluding hydrogens is 520 g/mol. The summed E-state index contributed by atoms with van der Waals surface area (Å²) in [7, 11) is 0. The Morgan fingerprint density at radius 1 is 1.18 bits per heavy atom. The highest BCUT2D eigenvalue weighted by atomic mass is 19.1. The maximum atomic E-state index is 13.9. The van der Waals surface area contributed by atoms with E-state index in [-0.39, 0.29) is 37.3 Å². The quantitative estimate of drug-likeness (QED) is 0.308. The molecule has 4 rings (SSSR count). The standard InChI is InChI=1S/C30H39F2N3O5/c1-2-39-10-6-9-35-18-22(14-28(35)36)30(38)34-27(13-21-11-23(31)15-24(32)12-21)29(37)26-16-25(17-33-26)40-19-20-7-4-3-5-8-20/h3-5,7-8,11-12,15,22,25-27,29,33,37H,2,6,9-10,13-14,16-19H2,1H3,(H,34,38)/t22-,25+,26+,27-,29+/m0/s1. The number of carbonyl (C=O) groups is 2. The molecule has 2 saturated heterocycles. The SMILES string of the molecule is CCOCCCN1C[C@@H](C(=O)N[C@@H](Cc2cc(F)cc(F)c2)[C@H](O)[C@H]2C[C@@H](OCc3ccccc3)CN2)CC1=O. The van der Waals surface area contributed by atoms with Crippen LogP contribution >= 0.6 is 0 Å². The number of amides is 2. The molecule has 3 N–H and O–H groups in total. The van der Waals surface area contributed by atoms with Gasteiger partial charge < -0.3 is 30.1 Å². The van der Waals surface area contributed by atoms with E-state index in [1.165, 1.54) is 12.1 Å². The van der Waals surface area contributed by atoms with E-state index >= 15 is 0 Å². The summed E-state index contributed by atoms with van der Waals surface area (Å²) < 4.78 is 39.2. The summed E-state index contributed by atoms with van der Waals surface area (Å²) in [6, 6.07) is 11.7. The third-order valence-corrected chi connectivity index (χ3v) is 7.49. The van der Waals surface area contributed by atoms with E-state index in [1.54, 1.807) is 4.90 Å². The van der Waals surface area contributed by atoms with Crippen molar-refractivity contribution in [2.45, 2.75) is 63.5 Å². The number of hydrogen-bond acceptors (Lipinski definition) is 6. The van der Waals surface area contributed by atoms with Gasteiger partial charge in [-0.1, -0.05) is 30.3 Å². The van der Waals surface area contributed by atoms with Crippen molar-refractivity contribution in [1.29, 1.82) is 0 Å². The minimum absolute atomic E-state index is 0.0219. The Kier molecular flexibility index (Phi) is 11.0. The molecule has 0 unspecified atom stereocenters. The highest BCUT2D eigenvalue weighted by Gasteiger charge is 2.39. The molecule has 0 aromatic heterocycles. The maximum absolute atomic E-state index is 13.9. The average molecular weight is 560 g/mol. The first-order valence-electron chi connectivity index (χ1n) is 14.0. The third kappa shape index (κ3) is 8.54. The molecule has 2 aromatic carbocycles. The number of rotatable bonds is 14. The topological polar surface area (TPSA) is 100 Å². The summed E-state index contributed by atoms with van der Waals surface area (Å²) in [5.41, 5.74) is 1.36. The Morgan fingerprint density at radius 3 is 2.65 bits per heavy atom. The van der Waals surface area contributed by atoms with Crippen LogP contribution in [0.2, 0.25) is 0 Å². The van der Waals surface area contributed by atoms with E-state index in [0.717, 1.165) is 11.6 Å². The zero-order valence-electron chi connectivity index (χ0n) is 22.9. The second-order valence-corrected chi connectivity index (χ2v) is 10.5. The zero-order chi connectivity index (χ0) is 28.5. The van der Waals surface area contributed by atoms with Gasteiger partial charge in [0.2, 0.25) is 11.8 Å². The van der Waals surface area contributed by atoms with Crippen molar-refractivity contribution in [2.24, 2.45) is 5.92 Å². The number of hydrogen-bond donors (Lipinski definition) is 3. The average Bonchev–Trinajstić information content (AvgIpc) is 3.56. The minimum Gasteiger partial charge on any atom is -0.389 e. The van der Waals surface area contributed by atoms with Gasteiger partial charge in [-0.05, 0) is 49.4 Å². The van der Waals surface area contributed by atoms with Crippen LogP contribution < -0.4 is 10.6 Å². The molecule has 8 nitrogen and oxygen atoms in total. The molecule has 40 heavy (non-hydrogen) atoms. The maximum Gasteiger partial charge on any atom is 0.225 e. The number of nitrogens with one attached hydrogen (secondary N) is 2. The van der Waals surface area contributed by atoms with Gasteiger partial charge in [-0.3, -0.25) is 9.59 Å². The highest BCUT2D eigenvalue weighted by molar-refractivity contribution is 5.89. The molecule has 2 aromatic rings. The molecule has 2 heterocycles. The van der Waals surface area contributed by atoms with Crippen molar-refractivity contribution >= 4 is 11.8 Å². The summed E-state index contributed by atoms with van der Waals surface area (Å²) in [6.07, 6.45) is 0.0954. The smallest absolute Gasteiger partial charge is 0.225 e. The fourth-order valence-corrected chi connectivity index (χ4v) is 5.39. The minimum atomic E-state index is -1.06. The molecule has 10 heteroatoms. The third-order valence-electron chi connectivity index (χ3n) is 7.49. The number of likely N-dealkylation sites (tertiary alicyclic amines) is 1. The second-order valence-electron chi connectivity index (χ2n) is 10.5. The molecule has 0 radical (unpaired) electrons. The first kappa shape index (κ1) is 30.0. The van der Waals surface area contributed by atoms with Crippen LogP contribution in [-0.4, -0.2) is 79.0 Å². The fourth-order valence-electron chi connectivity index (χ4n) is 5.39. The predicted molar refractivity (Wildman–Crippen MR) is 145 cm³/mol. The Hall–Kier alpha value is -2.92. The van der Waals surface area contributed by atoms with Crippen LogP contribution in [-0.2, 0) is 32.1 Å². The van der Waals surface area contributed by atoms with Crippen molar-refractivity contribution < 1.29 is 33.0 Å². The van der Waals surface area contributed by atoms with E-state index in [2.05, 4.69) is 10.6 Å². The monoisotopic (exact) mass is 559 g/mol. The molecule has 0 saturated carbocycles. The Labute approximate surface area is 234 Å². The summed E-state index contributed by atoms with van der Waals surface area (Å²) in [5.74, 6) is -2.50. The van der Waals surface area contributed by atoms with Crippen molar-refractivity contribution in [2.75, 3.05) is 32.8 Å². The summed E-state index contributed by atoms with van der Waals surface area (Å²) in [6.45, 7) is 4.81. The lowest BCUT2D eigenvalue weighted by molar-refractivity contribution is -0.129. The Balaban J connectivity index is 1.39. The Morgan fingerprint density at radius 2 is 1.93 bits per heavy atom. The zero-order valence-corrected chi connectivity index (χ0v) is 22.9. The van der Waals surface area contributed by atoms with Crippen LogP contribution in [0.5, 0.6) is 0 Å². The van der Waals surface area contributed by atoms with Crippen molar-refractivity contribution in [1.82, 2.24) is 15.5 Å². The Bertz CT molecular complexity index is 1100. The summed E-state index contributed by atoms with van der Waals surface area (Å²) >= 11 is 0. The molecule has 2 aliphatic heterocycles. The van der Waals surface area contributed by atoms with E-state index < -0.39 is 35.7 Å². The summed E-state index contributed by atoms with van der Waals surface area (Å²) in [4.78, 5) is 27.4. The largest absolute Gasteiger partial charge is 0.389 e. The van der Waals surface area contributed by atoms with Crippen molar-refractivity contribution in [3.63, 3.8) is 0 Å². The lowest BCUT2D eigenvalue weighted by Crippen LogP contribution is -2.53. The number of carbonyl (C=O) groups excluding carboxylic acids is 2. The summed E-state index contributed by atoms with van der Waals surface area (Å²) in [5, 5.41) is 17.5. The molecule has 218 valence electrons. The van der Waals surface area contributed by atoms with Gasteiger partial charge in [0.1, 0.15) is 11.6 Å². The lowest BCUT2D eigenvalue weighted by Gasteiger charge is -2.29. The van der Waals surface area contributed by atoms with Crippen LogP contribution in [0.4, 0.5) is 8.78 Å². The number of nitrogens with zero attached hydrogens (tertiary/aromatic N) is 1. The number of halogens is 2. The first-order chi connectivity index (χ1) is 19.3. The van der Waals surface area contributed by atoms with Gasteiger partial charge in [0.25, 0.3) is 0 Å². The number of benzene rings is 2. The van der Waals surface area contributed by atoms with Gasteiger partial charge in [-0.25, -0.2) is 8.78 Å². The van der Waals surface area contributed by atoms with Gasteiger partial charge in [0, 0.05) is 51.4 Å².